The first-order valence-corrected chi connectivity index (χ1v) is 4.87. The molecule has 78 valence electrons. The molecule has 2 heterocycles. The van der Waals surface area contributed by atoms with Gasteiger partial charge in [-0.1, -0.05) is 6.07 Å². The van der Waals surface area contributed by atoms with Crippen molar-refractivity contribution in [3.63, 3.8) is 0 Å². The Morgan fingerprint density at radius 2 is 2.33 bits per heavy atom. The average molecular weight is 203 g/mol. The van der Waals surface area contributed by atoms with Gasteiger partial charge in [0.05, 0.1) is 12.7 Å². The van der Waals surface area contributed by atoms with Gasteiger partial charge < -0.3 is 9.73 Å². The van der Waals surface area contributed by atoms with E-state index in [4.69, 9.17) is 4.42 Å². The van der Waals surface area contributed by atoms with E-state index < -0.39 is 0 Å². The minimum atomic E-state index is 0.254. The summed E-state index contributed by atoms with van der Waals surface area (Å²) in [6.45, 7) is 2.77. The molecule has 2 rings (SSSR count). The second kappa shape index (κ2) is 4.70. The molecule has 0 radical (unpaired) electrons. The molecule has 15 heavy (non-hydrogen) atoms. The van der Waals surface area contributed by atoms with E-state index in [0.29, 0.717) is 6.54 Å². The molecule has 0 aromatic carbocycles. The van der Waals surface area contributed by atoms with Crippen molar-refractivity contribution in [2.24, 2.45) is 0 Å². The Bertz CT molecular complexity index is 385. The zero-order chi connectivity index (χ0) is 10.5. The standard InChI is InChI=1S/C11H13N3O/c1-9(10-3-2-4-12-5-10)14-7-11-6-13-8-15-11/h2-6,8-9,14H,7H2,1H3/t9-/m1/s1. The summed E-state index contributed by atoms with van der Waals surface area (Å²) in [4.78, 5) is 7.93. The summed E-state index contributed by atoms with van der Waals surface area (Å²) in [6, 6.07) is 4.23. The highest BCUT2D eigenvalue weighted by atomic mass is 16.3. The van der Waals surface area contributed by atoms with Gasteiger partial charge in [-0.05, 0) is 18.6 Å². The van der Waals surface area contributed by atoms with Gasteiger partial charge in [0, 0.05) is 18.4 Å². The van der Waals surface area contributed by atoms with Crippen molar-refractivity contribution in [1.82, 2.24) is 15.3 Å². The fourth-order valence-electron chi connectivity index (χ4n) is 1.33. The molecule has 2 aromatic rings. The number of nitrogens with one attached hydrogen (secondary N) is 1. The van der Waals surface area contributed by atoms with Crippen LogP contribution in [-0.2, 0) is 6.54 Å². The summed E-state index contributed by atoms with van der Waals surface area (Å²) in [6.07, 6.45) is 6.78. The summed E-state index contributed by atoms with van der Waals surface area (Å²) >= 11 is 0. The average Bonchev–Trinajstić information content (AvgIpc) is 2.80. The van der Waals surface area contributed by atoms with E-state index in [0.717, 1.165) is 11.3 Å². The van der Waals surface area contributed by atoms with Gasteiger partial charge in [0.15, 0.2) is 6.39 Å². The molecule has 0 aliphatic carbocycles. The molecular weight excluding hydrogens is 190 g/mol. The number of hydrogen-bond donors (Lipinski definition) is 1. The van der Waals surface area contributed by atoms with E-state index in [1.807, 2.05) is 18.3 Å². The monoisotopic (exact) mass is 203 g/mol. The van der Waals surface area contributed by atoms with Crippen LogP contribution in [0.3, 0.4) is 0 Å². The van der Waals surface area contributed by atoms with Crippen LogP contribution in [0.5, 0.6) is 0 Å². The van der Waals surface area contributed by atoms with Crippen LogP contribution in [-0.4, -0.2) is 9.97 Å². The highest BCUT2D eigenvalue weighted by Gasteiger charge is 2.05. The Morgan fingerprint density at radius 3 is 3.00 bits per heavy atom. The fraction of sp³-hybridized carbons (Fsp3) is 0.273. The molecule has 4 nitrogen and oxygen atoms in total. The Labute approximate surface area is 88.4 Å². The zero-order valence-electron chi connectivity index (χ0n) is 8.55. The maximum absolute atomic E-state index is 5.13. The lowest BCUT2D eigenvalue weighted by Crippen LogP contribution is -2.17. The van der Waals surface area contributed by atoms with Gasteiger partial charge in [-0.2, -0.15) is 0 Å². The topological polar surface area (TPSA) is 51.0 Å². The van der Waals surface area contributed by atoms with E-state index in [9.17, 15) is 0 Å². The second-order valence-corrected chi connectivity index (χ2v) is 3.36. The molecule has 1 atom stereocenters. The van der Waals surface area contributed by atoms with Gasteiger partial charge >= 0.3 is 0 Å². The first-order valence-electron chi connectivity index (χ1n) is 4.87. The molecule has 0 saturated carbocycles. The maximum atomic E-state index is 5.13. The summed E-state index contributed by atoms with van der Waals surface area (Å²) < 4.78 is 5.13. The molecule has 2 aromatic heterocycles. The van der Waals surface area contributed by atoms with Crippen LogP contribution in [0.25, 0.3) is 0 Å². The Balaban J connectivity index is 1.90. The van der Waals surface area contributed by atoms with Gasteiger partial charge in [0.2, 0.25) is 0 Å². The molecule has 0 saturated heterocycles. The van der Waals surface area contributed by atoms with Crippen LogP contribution in [0, 0.1) is 0 Å². The van der Waals surface area contributed by atoms with Crippen LogP contribution in [0.15, 0.2) is 41.5 Å². The number of rotatable bonds is 4. The summed E-state index contributed by atoms with van der Waals surface area (Å²) in [5.74, 6) is 0.839. The molecular formula is C11H13N3O. The Kier molecular flexibility index (Phi) is 3.09. The number of aromatic nitrogens is 2. The lowest BCUT2D eigenvalue weighted by molar-refractivity contribution is 0.457. The fourth-order valence-corrected chi connectivity index (χ4v) is 1.33. The van der Waals surface area contributed by atoms with Crippen LogP contribution in [0.4, 0.5) is 0 Å². The van der Waals surface area contributed by atoms with Crippen molar-refractivity contribution in [1.29, 1.82) is 0 Å². The van der Waals surface area contributed by atoms with Crippen molar-refractivity contribution >= 4 is 0 Å². The minimum Gasteiger partial charge on any atom is -0.447 e. The number of oxazole rings is 1. The molecule has 0 bridgehead atoms. The lowest BCUT2D eigenvalue weighted by atomic mass is 10.1. The highest BCUT2D eigenvalue weighted by molar-refractivity contribution is 5.12. The van der Waals surface area contributed by atoms with Crippen LogP contribution < -0.4 is 5.32 Å². The normalized spacial score (nSPS) is 12.6. The zero-order valence-corrected chi connectivity index (χ0v) is 8.55. The molecule has 1 N–H and O–H groups in total. The lowest BCUT2D eigenvalue weighted by Gasteiger charge is -2.11. The molecule has 0 aliphatic heterocycles. The predicted molar refractivity (Wildman–Crippen MR) is 56.0 cm³/mol. The summed E-state index contributed by atoms with van der Waals surface area (Å²) in [5.41, 5.74) is 1.16. The molecule has 0 spiro atoms. The van der Waals surface area contributed by atoms with Crippen LogP contribution >= 0.6 is 0 Å². The molecule has 0 unspecified atom stereocenters. The van der Waals surface area contributed by atoms with Crippen LogP contribution in [0.1, 0.15) is 24.3 Å². The first-order chi connectivity index (χ1) is 7.36. The molecule has 0 aliphatic rings. The van der Waals surface area contributed by atoms with E-state index >= 15 is 0 Å². The number of nitrogens with zero attached hydrogens (tertiary/aromatic N) is 2. The van der Waals surface area contributed by atoms with Crippen molar-refractivity contribution in [2.45, 2.75) is 19.5 Å². The summed E-state index contributed by atoms with van der Waals surface area (Å²) in [7, 11) is 0. The predicted octanol–water partition coefficient (Wildman–Crippen LogP) is 1.92. The SMILES string of the molecule is C[C@@H](NCc1cnco1)c1cccnc1. The first kappa shape index (κ1) is 9.86. The highest BCUT2D eigenvalue weighted by Crippen LogP contribution is 2.10. The molecule has 4 heteroatoms. The van der Waals surface area contributed by atoms with Crippen molar-refractivity contribution in [3.05, 3.63) is 48.4 Å². The van der Waals surface area contributed by atoms with E-state index in [1.54, 1.807) is 12.4 Å². The van der Waals surface area contributed by atoms with Crippen LogP contribution in [0.2, 0.25) is 0 Å². The number of hydrogen-bond acceptors (Lipinski definition) is 4. The smallest absolute Gasteiger partial charge is 0.180 e. The van der Waals surface area contributed by atoms with Gasteiger partial charge in [-0.25, -0.2) is 4.98 Å². The van der Waals surface area contributed by atoms with E-state index in [-0.39, 0.29) is 6.04 Å². The van der Waals surface area contributed by atoms with E-state index in [1.165, 1.54) is 6.39 Å². The molecule has 0 fully saturated rings. The Hall–Kier alpha value is -1.68. The third kappa shape index (κ3) is 2.63. The third-order valence-corrected chi connectivity index (χ3v) is 2.25. The van der Waals surface area contributed by atoms with Gasteiger partial charge in [-0.3, -0.25) is 4.98 Å². The van der Waals surface area contributed by atoms with E-state index in [2.05, 4.69) is 22.2 Å². The third-order valence-electron chi connectivity index (χ3n) is 2.25. The largest absolute Gasteiger partial charge is 0.447 e. The second-order valence-electron chi connectivity index (χ2n) is 3.36. The minimum absolute atomic E-state index is 0.254. The van der Waals surface area contributed by atoms with Crippen molar-refractivity contribution < 1.29 is 4.42 Å². The number of pyridine rings is 1. The van der Waals surface area contributed by atoms with Gasteiger partial charge in [0.1, 0.15) is 5.76 Å². The Morgan fingerprint density at radius 1 is 1.40 bits per heavy atom. The molecule has 0 amide bonds. The summed E-state index contributed by atoms with van der Waals surface area (Å²) in [5, 5.41) is 3.33. The van der Waals surface area contributed by atoms with Crippen molar-refractivity contribution in [3.8, 4) is 0 Å². The van der Waals surface area contributed by atoms with Gasteiger partial charge in [-0.15, -0.1) is 0 Å². The maximum Gasteiger partial charge on any atom is 0.180 e. The quantitative estimate of drug-likeness (QED) is 0.824. The van der Waals surface area contributed by atoms with Crippen molar-refractivity contribution in [2.75, 3.05) is 0 Å². The van der Waals surface area contributed by atoms with Gasteiger partial charge in [0.25, 0.3) is 0 Å².